The summed E-state index contributed by atoms with van der Waals surface area (Å²) in [7, 11) is 0. The second kappa shape index (κ2) is 28.8. The monoisotopic (exact) mass is 1450 g/mol. The minimum atomic E-state index is -2.37. The van der Waals surface area contributed by atoms with Gasteiger partial charge in [0.05, 0.1) is 49.1 Å². The molecule has 576 valence electrons. The number of aliphatic hydroxyl groups is 15. The zero-order chi connectivity index (χ0) is 74.2. The van der Waals surface area contributed by atoms with E-state index in [1.54, 1.807) is 39.8 Å². The van der Waals surface area contributed by atoms with Crippen molar-refractivity contribution in [3.05, 3.63) is 23.3 Å². The molecule has 6 heterocycles. The van der Waals surface area contributed by atoms with Gasteiger partial charge in [0.15, 0.2) is 49.9 Å². The molecule has 5 unspecified atom stereocenters. The quantitative estimate of drug-likeness (QED) is 0.0407. The zero-order valence-electron chi connectivity index (χ0n) is 59.1. The van der Waals surface area contributed by atoms with Crippen molar-refractivity contribution < 1.29 is 158 Å². The van der Waals surface area contributed by atoms with Crippen LogP contribution in [-0.4, -0.2) is 303 Å². The number of carbonyl (C=O) groups excluding carboxylic acids is 2. The smallest absolute Gasteiger partial charge is 0.335 e. The molecule has 0 aromatic carbocycles. The van der Waals surface area contributed by atoms with Crippen molar-refractivity contribution in [2.45, 2.75) is 318 Å². The van der Waals surface area contributed by atoms with Gasteiger partial charge < -0.3 is 143 Å². The summed E-state index contributed by atoms with van der Waals surface area (Å²) in [6, 6.07) is 0. The molecule has 1 spiro atoms. The molecule has 0 aromatic heterocycles. The van der Waals surface area contributed by atoms with Crippen molar-refractivity contribution in [2.24, 2.45) is 50.2 Å². The van der Waals surface area contributed by atoms with E-state index in [0.29, 0.717) is 44.1 Å². The summed E-state index contributed by atoms with van der Waals surface area (Å²) in [6.45, 7) is 19.8. The van der Waals surface area contributed by atoms with Crippen LogP contribution in [0.5, 0.6) is 0 Å². The van der Waals surface area contributed by atoms with Crippen molar-refractivity contribution in [1.82, 2.24) is 0 Å². The van der Waals surface area contributed by atoms with E-state index in [0.717, 1.165) is 0 Å². The van der Waals surface area contributed by atoms with Crippen molar-refractivity contribution in [2.75, 3.05) is 19.8 Å². The highest BCUT2D eigenvalue weighted by atomic mass is 16.8. The fourth-order valence-corrected chi connectivity index (χ4v) is 20.4. The average molecular weight is 1450 g/mol. The van der Waals surface area contributed by atoms with Crippen molar-refractivity contribution in [3.63, 3.8) is 0 Å². The predicted octanol–water partition coefficient (Wildman–Crippen LogP) is -2.47. The molecule has 6 aliphatic heterocycles. The lowest BCUT2D eigenvalue weighted by Gasteiger charge is -2.75. The molecule has 16 N–H and O–H groups in total. The lowest BCUT2D eigenvalue weighted by molar-refractivity contribution is -0.411. The molecule has 11 aliphatic rings. The molecule has 11 fully saturated rings. The van der Waals surface area contributed by atoms with Crippen LogP contribution in [-0.2, 0) is 76.0 Å². The Morgan fingerprint density at radius 2 is 1.04 bits per heavy atom. The van der Waals surface area contributed by atoms with E-state index in [4.69, 9.17) is 61.6 Å². The minimum Gasteiger partial charge on any atom is -0.479 e. The number of ether oxygens (including phenoxy) is 13. The Balaban J connectivity index is 0.914. The van der Waals surface area contributed by atoms with Crippen LogP contribution in [0, 0.1) is 50.2 Å². The first-order valence-electron chi connectivity index (χ1n) is 35.4. The van der Waals surface area contributed by atoms with E-state index in [1.807, 2.05) is 27.7 Å². The summed E-state index contributed by atoms with van der Waals surface area (Å²) in [5.41, 5.74) is -6.00. The van der Waals surface area contributed by atoms with Crippen LogP contribution in [0.3, 0.4) is 0 Å². The number of hydrogen-bond donors (Lipinski definition) is 16. The lowest BCUT2D eigenvalue weighted by atomic mass is 9.30. The van der Waals surface area contributed by atoms with Gasteiger partial charge in [0.25, 0.3) is 0 Å². The van der Waals surface area contributed by atoms with Gasteiger partial charge in [-0.3, -0.25) is 0 Å². The highest BCUT2D eigenvalue weighted by molar-refractivity contribution is 5.89. The van der Waals surface area contributed by atoms with Crippen molar-refractivity contribution in [3.8, 4) is 0 Å². The summed E-state index contributed by atoms with van der Waals surface area (Å²) in [4.78, 5) is 41.3. The Kier molecular flexibility index (Phi) is 22.5. The molecule has 101 heavy (non-hydrogen) atoms. The molecule has 5 aliphatic carbocycles. The SMILES string of the molecule is C/C=C(/C)C(=O)O[C@H]1[C@H](OC(=O)/C(C)=C\C)[C@@]23C(CC1(C)C)[C@]1(CCC4[C@@]5(C)CC[C@H](O[C@@H]6O[C@H](C(=O)O)[C@@H](O)[C@H](O[C@@H]7O[C@H](CO)[C@H](O)[C@H](O)[C@H]7OC7O[C@@H](C)C(O)[C@@H](O)[C@H]7O[C@@H]7OC[C@@H](O)[C@H](O)[C@H]7O)[C@H]6O[C@@H]6O[C@H](CO)[C@H](O)[C@H](O)[C@H]6O)C(C)(C)C5CC[C@@]4(C)[C@]1(C)C[C@H]2O)O[C@H]3O. The number of esters is 2. The largest absolute Gasteiger partial charge is 0.479 e. The first-order chi connectivity index (χ1) is 47.2. The number of rotatable bonds is 17. The van der Waals surface area contributed by atoms with E-state index in [-0.39, 0.29) is 30.3 Å². The van der Waals surface area contributed by atoms with E-state index < -0.39 is 260 Å². The Morgan fingerprint density at radius 3 is 1.64 bits per heavy atom. The molecule has 32 heteroatoms. The highest BCUT2D eigenvalue weighted by Crippen LogP contribution is 2.82. The predicted molar refractivity (Wildman–Crippen MR) is 338 cm³/mol. The normalized spacial score (nSPS) is 52.6. The second-order valence-corrected chi connectivity index (χ2v) is 32.3. The molecule has 11 rings (SSSR count). The number of aliphatic hydroxyl groups excluding tert-OH is 15. The van der Waals surface area contributed by atoms with Gasteiger partial charge in [-0.15, -0.1) is 0 Å². The Labute approximate surface area is 585 Å². The van der Waals surface area contributed by atoms with Crippen molar-refractivity contribution in [1.29, 1.82) is 0 Å². The first-order valence-corrected chi connectivity index (χ1v) is 35.4. The summed E-state index contributed by atoms with van der Waals surface area (Å²) >= 11 is 0. The molecule has 0 aromatic rings. The summed E-state index contributed by atoms with van der Waals surface area (Å²) in [5, 5.41) is 181. The maximum atomic E-state index is 14.1. The van der Waals surface area contributed by atoms with Gasteiger partial charge in [0, 0.05) is 27.9 Å². The Bertz CT molecular complexity index is 3040. The number of carbonyl (C=O) groups is 3. The van der Waals surface area contributed by atoms with Crippen LogP contribution in [0.1, 0.15) is 134 Å². The van der Waals surface area contributed by atoms with E-state index in [2.05, 4.69) is 20.8 Å². The summed E-state index contributed by atoms with van der Waals surface area (Å²) in [5.74, 6) is -4.05. The fraction of sp³-hybridized carbons (Fsp3) is 0.899. The van der Waals surface area contributed by atoms with Crippen molar-refractivity contribution >= 4 is 17.9 Å². The molecule has 2 bridgehead atoms. The topological polar surface area (TPSA) is 495 Å². The summed E-state index contributed by atoms with van der Waals surface area (Å²) in [6.07, 6.45) is -46.9. The number of carboxylic acid groups (broad SMARTS) is 1. The summed E-state index contributed by atoms with van der Waals surface area (Å²) < 4.78 is 81.5. The van der Waals surface area contributed by atoms with Crippen LogP contribution in [0.2, 0.25) is 0 Å². The fourth-order valence-electron chi connectivity index (χ4n) is 20.4. The Morgan fingerprint density at radius 1 is 0.515 bits per heavy atom. The second-order valence-electron chi connectivity index (χ2n) is 32.3. The maximum absolute atomic E-state index is 14.1. The van der Waals surface area contributed by atoms with Gasteiger partial charge in [0.2, 0.25) is 0 Å². The third-order valence-corrected chi connectivity index (χ3v) is 26.5. The number of aliphatic carboxylic acids is 1. The number of fused-ring (bicyclic) bond motifs is 4. The van der Waals surface area contributed by atoms with Crippen LogP contribution >= 0.6 is 0 Å². The molecule has 6 saturated heterocycles. The van der Waals surface area contributed by atoms with Gasteiger partial charge in [-0.05, 0) is 114 Å². The van der Waals surface area contributed by atoms with E-state index in [9.17, 15) is 96.1 Å². The molecule has 0 amide bonds. The lowest BCUT2D eigenvalue weighted by Crippen LogP contribution is -2.77. The van der Waals surface area contributed by atoms with Crippen LogP contribution < -0.4 is 0 Å². The average Bonchev–Trinajstić information content (AvgIpc) is 1.53. The highest BCUT2D eigenvalue weighted by Gasteiger charge is 2.86. The standard InChI is InChI=1S/C69H108O32/c1-13-26(3)55(86)99-52-53(100-56(87)27(4)14-2)69-34(21-63(52,6)7)68(101-62(69)88)20-16-33-65(10)18-17-36(64(8,9)32(65)15-19-66(33,11)67(68,12)22-35(69)73)93-61-51(98-58-45(82)41(78)39(76)30(23-70)91-58)47(46(83)48(95-61)54(84)85)94-60-50(43(80)40(77)31(24-71)92-60)97-59-49(42(79)37(74)28(5)90-59)96-57-44(81)38(75)29(72)25-89-57/h13-14,28-53,57-62,70-83,88H,15-25H2,1-12H3,(H,84,85)/b26-13-,27-14-/t28-,29+,30+,31+,32?,33?,34?,35+,36-,37?,38-,39-,40-,41-,42+,43-,44+,45+,46-,47-,48-,49+,50+,51+,52-,53-,57-,58-,59?,60-,61+,62+,65-,66+,67-,68-,69+/m0/s1. The Hall–Kier alpha value is -3.15. The van der Waals surface area contributed by atoms with Crippen LogP contribution in [0.25, 0.3) is 0 Å². The van der Waals surface area contributed by atoms with Gasteiger partial charge in [-0.1, -0.05) is 60.6 Å². The van der Waals surface area contributed by atoms with Crippen LogP contribution in [0.15, 0.2) is 23.3 Å². The molecular formula is C69H108O32. The maximum Gasteiger partial charge on any atom is 0.335 e. The third kappa shape index (κ3) is 12.6. The van der Waals surface area contributed by atoms with Gasteiger partial charge in [-0.25, -0.2) is 14.4 Å². The third-order valence-electron chi connectivity index (χ3n) is 26.5. The zero-order valence-corrected chi connectivity index (χ0v) is 59.1. The number of hydrogen-bond acceptors (Lipinski definition) is 31. The molecule has 5 saturated carbocycles. The molecule has 32 nitrogen and oxygen atoms in total. The number of carboxylic acids is 1. The molecule has 37 atom stereocenters. The number of allylic oxidation sites excluding steroid dienone is 2. The van der Waals surface area contributed by atoms with Gasteiger partial charge >= 0.3 is 17.9 Å². The molecular weight excluding hydrogens is 1340 g/mol. The minimum absolute atomic E-state index is 0.1000. The van der Waals surface area contributed by atoms with Gasteiger partial charge in [-0.2, -0.15) is 0 Å². The molecule has 0 radical (unpaired) electrons. The first kappa shape index (κ1) is 78.9. The van der Waals surface area contributed by atoms with E-state index >= 15 is 0 Å². The van der Waals surface area contributed by atoms with Gasteiger partial charge in [0.1, 0.15) is 110 Å². The van der Waals surface area contributed by atoms with Crippen LogP contribution in [0.4, 0.5) is 0 Å². The van der Waals surface area contributed by atoms with E-state index in [1.165, 1.54) is 6.92 Å².